The van der Waals surface area contributed by atoms with Crippen LogP contribution in [0.4, 0.5) is 4.39 Å². The van der Waals surface area contributed by atoms with Gasteiger partial charge in [-0.05, 0) is 30.2 Å². The van der Waals surface area contributed by atoms with Crippen molar-refractivity contribution in [2.75, 3.05) is 13.7 Å². The van der Waals surface area contributed by atoms with E-state index in [1.54, 1.807) is 7.11 Å². The molecule has 0 N–H and O–H groups in total. The van der Waals surface area contributed by atoms with Gasteiger partial charge in [0.15, 0.2) is 0 Å². The van der Waals surface area contributed by atoms with Gasteiger partial charge in [-0.1, -0.05) is 30.3 Å². The number of hydrogen-bond acceptors (Lipinski definition) is 3. The van der Waals surface area contributed by atoms with E-state index in [1.807, 2.05) is 43.3 Å². The maximum Gasteiger partial charge on any atom is 0.127 e. The first kappa shape index (κ1) is 16.9. The Morgan fingerprint density at radius 1 is 1.21 bits per heavy atom. The van der Waals surface area contributed by atoms with Gasteiger partial charge in [-0.25, -0.2) is 4.39 Å². The summed E-state index contributed by atoms with van der Waals surface area (Å²) in [4.78, 5) is 0. The fourth-order valence-electron chi connectivity index (χ4n) is 3.27. The molecule has 0 bridgehead atoms. The van der Waals surface area contributed by atoms with Crippen molar-refractivity contribution in [3.8, 4) is 5.75 Å². The molecule has 1 fully saturated rings. The van der Waals surface area contributed by atoms with Crippen LogP contribution in [0.2, 0.25) is 0 Å². The molecule has 4 heteroatoms. The molecule has 0 unspecified atom stereocenters. The van der Waals surface area contributed by atoms with Gasteiger partial charge < -0.3 is 14.2 Å². The summed E-state index contributed by atoms with van der Waals surface area (Å²) in [7, 11) is 1.67. The van der Waals surface area contributed by atoms with E-state index in [0.29, 0.717) is 31.8 Å². The molecule has 1 aliphatic heterocycles. The maximum absolute atomic E-state index is 14.1. The molecule has 0 aliphatic carbocycles. The molecule has 3 rings (SSSR count). The fraction of sp³-hybridized carbons (Fsp3) is 0.400. The van der Waals surface area contributed by atoms with Gasteiger partial charge in [-0.3, -0.25) is 0 Å². The molecule has 0 saturated carbocycles. The average molecular weight is 330 g/mol. The SMILES string of the molecule is CO[C@@]1(c2cc(F)cc(OCc3ccccc3)c2)CCO[C@H](C)C1. The molecule has 24 heavy (non-hydrogen) atoms. The topological polar surface area (TPSA) is 27.7 Å². The van der Waals surface area contributed by atoms with Crippen molar-refractivity contribution < 1.29 is 18.6 Å². The van der Waals surface area contributed by atoms with Crippen LogP contribution in [0.1, 0.15) is 30.9 Å². The molecular formula is C20H23FO3. The van der Waals surface area contributed by atoms with E-state index in [-0.39, 0.29) is 11.9 Å². The van der Waals surface area contributed by atoms with E-state index >= 15 is 0 Å². The van der Waals surface area contributed by atoms with Crippen LogP contribution in [0, 0.1) is 5.82 Å². The number of ether oxygens (including phenoxy) is 3. The standard InChI is InChI=1S/C20H23FO3/c1-15-13-20(22-2,8-9-23-15)17-10-18(21)12-19(11-17)24-14-16-6-4-3-5-7-16/h3-7,10-12,15H,8-9,13-14H2,1-2H3/t15-,20+/m1/s1. The predicted octanol–water partition coefficient (Wildman–Crippen LogP) is 4.45. The number of halogens is 1. The minimum absolute atomic E-state index is 0.0793. The van der Waals surface area contributed by atoms with E-state index in [1.165, 1.54) is 12.1 Å². The number of methoxy groups -OCH3 is 1. The molecule has 2 atom stereocenters. The van der Waals surface area contributed by atoms with Crippen LogP contribution in [-0.2, 0) is 21.7 Å². The molecule has 0 amide bonds. The van der Waals surface area contributed by atoms with Crippen LogP contribution in [0.15, 0.2) is 48.5 Å². The van der Waals surface area contributed by atoms with Crippen LogP contribution < -0.4 is 4.74 Å². The zero-order valence-electron chi connectivity index (χ0n) is 14.1. The third-order valence-corrected chi connectivity index (χ3v) is 4.56. The highest BCUT2D eigenvalue weighted by atomic mass is 19.1. The van der Waals surface area contributed by atoms with Gasteiger partial charge >= 0.3 is 0 Å². The maximum atomic E-state index is 14.1. The molecule has 2 aromatic rings. The Bertz CT molecular complexity index is 674. The van der Waals surface area contributed by atoms with Crippen molar-refractivity contribution in [1.82, 2.24) is 0 Å². The lowest BCUT2D eigenvalue weighted by molar-refractivity contribution is -0.122. The first-order chi connectivity index (χ1) is 11.6. The van der Waals surface area contributed by atoms with Gasteiger partial charge in [0, 0.05) is 26.0 Å². The Balaban J connectivity index is 1.82. The number of rotatable bonds is 5. The largest absolute Gasteiger partial charge is 0.489 e. The fourth-order valence-corrected chi connectivity index (χ4v) is 3.27. The first-order valence-corrected chi connectivity index (χ1v) is 8.26. The van der Waals surface area contributed by atoms with E-state index in [9.17, 15) is 4.39 Å². The predicted molar refractivity (Wildman–Crippen MR) is 90.5 cm³/mol. The Morgan fingerprint density at radius 2 is 2.00 bits per heavy atom. The molecule has 2 aromatic carbocycles. The van der Waals surface area contributed by atoms with Crippen molar-refractivity contribution in [1.29, 1.82) is 0 Å². The average Bonchev–Trinajstić information content (AvgIpc) is 2.60. The van der Waals surface area contributed by atoms with Gasteiger partial charge in [0.05, 0.1) is 18.3 Å². The Kier molecular flexibility index (Phi) is 5.17. The minimum atomic E-state index is -0.523. The lowest BCUT2D eigenvalue weighted by Crippen LogP contribution is -2.39. The van der Waals surface area contributed by atoms with Gasteiger partial charge in [-0.15, -0.1) is 0 Å². The second-order valence-electron chi connectivity index (χ2n) is 6.28. The lowest BCUT2D eigenvalue weighted by atomic mass is 9.83. The van der Waals surface area contributed by atoms with Crippen molar-refractivity contribution in [2.45, 2.75) is 38.1 Å². The molecule has 1 aliphatic rings. The van der Waals surface area contributed by atoms with Crippen LogP contribution in [0.3, 0.4) is 0 Å². The first-order valence-electron chi connectivity index (χ1n) is 8.26. The van der Waals surface area contributed by atoms with Crippen LogP contribution >= 0.6 is 0 Å². The van der Waals surface area contributed by atoms with E-state index in [2.05, 4.69) is 0 Å². The lowest BCUT2D eigenvalue weighted by Gasteiger charge is -2.39. The van der Waals surface area contributed by atoms with Crippen molar-refractivity contribution in [2.24, 2.45) is 0 Å². The highest BCUT2D eigenvalue weighted by Crippen LogP contribution is 2.39. The van der Waals surface area contributed by atoms with Gasteiger partial charge in [0.25, 0.3) is 0 Å². The molecule has 3 nitrogen and oxygen atoms in total. The molecule has 1 heterocycles. The van der Waals surface area contributed by atoms with E-state index in [0.717, 1.165) is 11.1 Å². The molecular weight excluding hydrogens is 307 g/mol. The summed E-state index contributed by atoms with van der Waals surface area (Å²) < 4.78 is 31.4. The van der Waals surface area contributed by atoms with Crippen molar-refractivity contribution >= 4 is 0 Å². The summed E-state index contributed by atoms with van der Waals surface area (Å²) in [5.74, 6) is 0.204. The monoisotopic (exact) mass is 330 g/mol. The van der Waals surface area contributed by atoms with Crippen LogP contribution in [0.5, 0.6) is 5.75 Å². The zero-order chi connectivity index (χ0) is 17.0. The minimum Gasteiger partial charge on any atom is -0.489 e. The Hall–Kier alpha value is -1.91. The number of benzene rings is 2. The summed E-state index contributed by atoms with van der Waals surface area (Å²) in [5.41, 5.74) is 1.33. The second-order valence-corrected chi connectivity index (χ2v) is 6.28. The van der Waals surface area contributed by atoms with E-state index in [4.69, 9.17) is 14.2 Å². The van der Waals surface area contributed by atoms with Gasteiger partial charge in [0.1, 0.15) is 18.2 Å². The second kappa shape index (κ2) is 7.32. The normalized spacial score (nSPS) is 23.9. The highest BCUT2D eigenvalue weighted by molar-refractivity contribution is 5.34. The molecule has 128 valence electrons. The van der Waals surface area contributed by atoms with Gasteiger partial charge in [0.2, 0.25) is 0 Å². The highest BCUT2D eigenvalue weighted by Gasteiger charge is 2.38. The smallest absolute Gasteiger partial charge is 0.127 e. The zero-order valence-corrected chi connectivity index (χ0v) is 14.1. The number of hydrogen-bond donors (Lipinski definition) is 0. The Morgan fingerprint density at radius 3 is 2.71 bits per heavy atom. The molecule has 0 spiro atoms. The summed E-state index contributed by atoms with van der Waals surface area (Å²) in [6, 6.07) is 14.7. The van der Waals surface area contributed by atoms with Crippen molar-refractivity contribution in [3.05, 3.63) is 65.5 Å². The molecule has 1 saturated heterocycles. The van der Waals surface area contributed by atoms with Gasteiger partial charge in [-0.2, -0.15) is 0 Å². The molecule has 0 radical (unpaired) electrons. The van der Waals surface area contributed by atoms with Crippen molar-refractivity contribution in [3.63, 3.8) is 0 Å². The van der Waals surface area contributed by atoms with Crippen LogP contribution in [-0.4, -0.2) is 19.8 Å². The summed E-state index contributed by atoms with van der Waals surface area (Å²) in [5, 5.41) is 0. The quantitative estimate of drug-likeness (QED) is 0.811. The summed E-state index contributed by atoms with van der Waals surface area (Å²) in [6.45, 7) is 3.02. The Labute approximate surface area is 142 Å². The van der Waals surface area contributed by atoms with E-state index < -0.39 is 5.60 Å². The summed E-state index contributed by atoms with van der Waals surface area (Å²) >= 11 is 0. The van der Waals surface area contributed by atoms with Crippen LogP contribution in [0.25, 0.3) is 0 Å². The third-order valence-electron chi connectivity index (χ3n) is 4.56. The third kappa shape index (κ3) is 3.77. The summed E-state index contributed by atoms with van der Waals surface area (Å²) in [6.07, 6.45) is 1.48. The molecule has 0 aromatic heterocycles.